The van der Waals surface area contributed by atoms with Crippen LogP contribution in [-0.2, 0) is 13.0 Å². The van der Waals surface area contributed by atoms with Crippen LogP contribution >= 0.6 is 15.9 Å². The van der Waals surface area contributed by atoms with Gasteiger partial charge in [-0.3, -0.25) is 4.79 Å². The predicted molar refractivity (Wildman–Crippen MR) is 117 cm³/mol. The van der Waals surface area contributed by atoms with Crippen molar-refractivity contribution >= 4 is 27.9 Å². The van der Waals surface area contributed by atoms with Gasteiger partial charge in [0.05, 0.1) is 20.6 Å². The summed E-state index contributed by atoms with van der Waals surface area (Å²) in [4.78, 5) is 12.9. The summed E-state index contributed by atoms with van der Waals surface area (Å²) in [6.45, 7) is 0.838. The molecule has 1 aliphatic heterocycles. The first-order chi connectivity index (χ1) is 14.1. The number of Topliss-reactive ketones (excluding diaryl/α,β-unsaturated/α-hetero) is 1. The highest BCUT2D eigenvalue weighted by molar-refractivity contribution is 9.10. The van der Waals surface area contributed by atoms with Crippen molar-refractivity contribution in [2.24, 2.45) is 5.92 Å². The van der Waals surface area contributed by atoms with Crippen LogP contribution in [0.2, 0.25) is 0 Å². The molecule has 0 amide bonds. The molecule has 0 bridgehead atoms. The Morgan fingerprint density at radius 1 is 1.14 bits per heavy atom. The van der Waals surface area contributed by atoms with Gasteiger partial charge >= 0.3 is 0 Å². The molecule has 1 atom stereocenters. The first-order valence-corrected chi connectivity index (χ1v) is 10.4. The second-order valence-corrected chi connectivity index (χ2v) is 8.20. The van der Waals surface area contributed by atoms with E-state index in [9.17, 15) is 4.79 Å². The molecule has 2 aromatic rings. The summed E-state index contributed by atoms with van der Waals surface area (Å²) in [5.74, 6) is 1.29. The monoisotopic (exact) mass is 452 g/mol. The maximum atomic E-state index is 12.9. The Kier molecular flexibility index (Phi) is 5.67. The Balaban J connectivity index is 1.45. The van der Waals surface area contributed by atoms with Crippen LogP contribution in [0.3, 0.4) is 0 Å². The highest BCUT2D eigenvalue weighted by Crippen LogP contribution is 2.37. The van der Waals surface area contributed by atoms with Gasteiger partial charge in [0.15, 0.2) is 30.0 Å². The lowest BCUT2D eigenvalue weighted by Gasteiger charge is -2.09. The zero-order chi connectivity index (χ0) is 20.4. The van der Waals surface area contributed by atoms with Gasteiger partial charge in [0.1, 0.15) is 6.21 Å². The second kappa shape index (κ2) is 8.37. The summed E-state index contributed by atoms with van der Waals surface area (Å²) < 4.78 is 14.0. The van der Waals surface area contributed by atoms with E-state index in [4.69, 9.17) is 9.47 Å². The van der Waals surface area contributed by atoms with Gasteiger partial charge in [-0.1, -0.05) is 34.1 Å². The Morgan fingerprint density at radius 3 is 2.52 bits per heavy atom. The van der Waals surface area contributed by atoms with Gasteiger partial charge in [0.25, 0.3) is 0 Å². The van der Waals surface area contributed by atoms with E-state index in [1.165, 1.54) is 11.1 Å². The van der Waals surface area contributed by atoms with Gasteiger partial charge < -0.3 is 9.47 Å². The lowest BCUT2D eigenvalue weighted by atomic mass is 9.99. The van der Waals surface area contributed by atoms with Gasteiger partial charge in [-0.15, -0.1) is 0 Å². The van der Waals surface area contributed by atoms with Crippen LogP contribution in [0.25, 0.3) is 0 Å². The fourth-order valence-corrected chi connectivity index (χ4v) is 4.09. The summed E-state index contributed by atoms with van der Waals surface area (Å²) in [5.41, 5.74) is 4.19. The number of fused-ring (bicyclic) bond motifs is 1. The van der Waals surface area contributed by atoms with Crippen LogP contribution < -0.4 is 9.47 Å². The highest BCUT2D eigenvalue weighted by atomic mass is 79.9. The molecular weight excluding hydrogens is 430 g/mol. The van der Waals surface area contributed by atoms with Gasteiger partial charge in [-0.2, -0.15) is 0 Å². The number of carbonyl (C=O) groups is 1. The molecule has 0 spiro atoms. The van der Waals surface area contributed by atoms with Crippen molar-refractivity contribution in [3.8, 4) is 11.5 Å². The van der Waals surface area contributed by atoms with Crippen molar-refractivity contribution < 1.29 is 18.8 Å². The molecule has 0 fully saturated rings. The Bertz CT molecular complexity index is 1030. The van der Waals surface area contributed by atoms with E-state index in [0.29, 0.717) is 17.9 Å². The summed E-state index contributed by atoms with van der Waals surface area (Å²) in [6.07, 6.45) is 9.98. The molecule has 0 saturated carbocycles. The minimum Gasteiger partial charge on any atom is -0.493 e. The highest BCUT2D eigenvalue weighted by Gasteiger charge is 2.31. The Labute approximate surface area is 179 Å². The average Bonchev–Trinajstić information content (AvgIpc) is 3.04. The van der Waals surface area contributed by atoms with E-state index in [1.807, 2.05) is 6.07 Å². The zero-order valence-corrected chi connectivity index (χ0v) is 18.1. The van der Waals surface area contributed by atoms with E-state index >= 15 is 0 Å². The number of rotatable bonds is 5. The second-order valence-electron chi connectivity index (χ2n) is 7.28. The molecule has 0 N–H and O–H groups in total. The molecule has 2 aromatic carbocycles. The molecule has 0 aromatic heterocycles. The number of hydrogen-bond donors (Lipinski definition) is 0. The molecule has 2 aliphatic rings. The fourth-order valence-electron chi connectivity index (χ4n) is 3.83. The average molecular weight is 453 g/mol. The van der Waals surface area contributed by atoms with Crippen LogP contribution in [0.15, 0.2) is 64.8 Å². The molecular formula is C24H23BrNO3+. The SMILES string of the molecule is COc1cc2c(cc1OC)C(=O)C(C=C1C=C[N+](Cc3ccc(Br)cc3)=CC1)C2. The fraction of sp³-hybridized carbons (Fsp3) is 0.250. The van der Waals surface area contributed by atoms with Crippen molar-refractivity contribution in [2.75, 3.05) is 14.2 Å². The third-order valence-corrected chi connectivity index (χ3v) is 5.92. The molecule has 148 valence electrons. The smallest absolute Gasteiger partial charge is 0.173 e. The van der Waals surface area contributed by atoms with E-state index in [-0.39, 0.29) is 11.7 Å². The van der Waals surface area contributed by atoms with Crippen molar-refractivity contribution in [3.63, 3.8) is 0 Å². The third-order valence-electron chi connectivity index (χ3n) is 5.39. The van der Waals surface area contributed by atoms with E-state index in [1.54, 1.807) is 20.3 Å². The first kappa shape index (κ1) is 19.6. The number of hydrogen-bond acceptors (Lipinski definition) is 3. The third kappa shape index (κ3) is 4.20. The zero-order valence-electron chi connectivity index (χ0n) is 16.5. The molecule has 1 heterocycles. The lowest BCUT2D eigenvalue weighted by molar-refractivity contribution is -0.471. The number of benzene rings is 2. The Morgan fingerprint density at radius 2 is 1.86 bits per heavy atom. The number of allylic oxidation sites excluding steroid dienone is 3. The minimum absolute atomic E-state index is 0.132. The number of methoxy groups -OCH3 is 2. The van der Waals surface area contributed by atoms with Gasteiger partial charge in [0, 0.05) is 27.6 Å². The van der Waals surface area contributed by atoms with Crippen LogP contribution in [0.4, 0.5) is 0 Å². The van der Waals surface area contributed by atoms with E-state index in [0.717, 1.165) is 28.6 Å². The molecule has 1 unspecified atom stereocenters. The minimum atomic E-state index is -0.132. The summed E-state index contributed by atoms with van der Waals surface area (Å²) in [7, 11) is 3.20. The summed E-state index contributed by atoms with van der Waals surface area (Å²) >= 11 is 3.47. The van der Waals surface area contributed by atoms with Crippen molar-refractivity contribution in [1.29, 1.82) is 0 Å². The Hall–Kier alpha value is -2.66. The number of ether oxygens (including phenoxy) is 2. The molecule has 4 rings (SSSR count). The topological polar surface area (TPSA) is 38.5 Å². The van der Waals surface area contributed by atoms with Crippen molar-refractivity contribution in [2.45, 2.75) is 19.4 Å². The number of nitrogens with zero attached hydrogens (tertiary/aromatic N) is 1. The van der Waals surface area contributed by atoms with Gasteiger partial charge in [-0.05, 0) is 41.8 Å². The van der Waals surface area contributed by atoms with Crippen LogP contribution in [0, 0.1) is 5.92 Å². The predicted octanol–water partition coefficient (Wildman–Crippen LogP) is 4.95. The lowest BCUT2D eigenvalue weighted by Crippen LogP contribution is -2.12. The number of carbonyl (C=O) groups excluding carboxylic acids is 1. The first-order valence-electron chi connectivity index (χ1n) is 9.59. The maximum absolute atomic E-state index is 12.9. The molecule has 0 radical (unpaired) electrons. The van der Waals surface area contributed by atoms with Crippen LogP contribution in [0.1, 0.15) is 27.9 Å². The largest absolute Gasteiger partial charge is 0.493 e. The number of ketones is 1. The van der Waals surface area contributed by atoms with Gasteiger partial charge in [0.2, 0.25) is 0 Å². The molecule has 29 heavy (non-hydrogen) atoms. The van der Waals surface area contributed by atoms with E-state index < -0.39 is 0 Å². The number of halogens is 1. The van der Waals surface area contributed by atoms with Crippen LogP contribution in [0.5, 0.6) is 11.5 Å². The molecule has 0 saturated heterocycles. The van der Waals surface area contributed by atoms with Crippen LogP contribution in [-0.4, -0.2) is 30.8 Å². The summed E-state index contributed by atoms with van der Waals surface area (Å²) in [5, 5.41) is 0. The maximum Gasteiger partial charge on any atom is 0.173 e. The van der Waals surface area contributed by atoms with E-state index in [2.05, 4.69) is 69.3 Å². The molecule has 1 aliphatic carbocycles. The standard InChI is InChI=1S/C24H23BrNO3/c1-28-22-13-18-12-19(24(27)21(18)14-23(22)29-2)11-16-7-9-26(10-8-16)15-17-3-5-20(25)6-4-17/h3-7,9-11,13-14,19H,8,12,15H2,1-2H3/q+1. The molecule has 5 heteroatoms. The normalized spacial score (nSPS) is 19.3. The molecule has 4 nitrogen and oxygen atoms in total. The van der Waals surface area contributed by atoms with Crippen molar-refractivity contribution in [1.82, 2.24) is 0 Å². The van der Waals surface area contributed by atoms with Gasteiger partial charge in [-0.25, -0.2) is 4.58 Å². The quantitative estimate of drug-likeness (QED) is 0.602. The van der Waals surface area contributed by atoms with Crippen molar-refractivity contribution in [3.05, 3.63) is 81.5 Å². The summed E-state index contributed by atoms with van der Waals surface area (Å²) in [6, 6.07) is 12.1.